The SMILES string of the molecule is CC(Oc1cc(Br)ccc1Br)C(=O)[O-]. The molecule has 14 heavy (non-hydrogen) atoms. The summed E-state index contributed by atoms with van der Waals surface area (Å²) >= 11 is 6.51. The fraction of sp³-hybridized carbons (Fsp3) is 0.222. The highest BCUT2D eigenvalue weighted by atomic mass is 79.9. The molecule has 0 aliphatic carbocycles. The Balaban J connectivity index is 2.85. The Morgan fingerprint density at radius 1 is 1.50 bits per heavy atom. The minimum atomic E-state index is -1.24. The fourth-order valence-electron chi connectivity index (χ4n) is 0.806. The second-order valence-corrected chi connectivity index (χ2v) is 4.42. The van der Waals surface area contributed by atoms with E-state index >= 15 is 0 Å². The minimum absolute atomic E-state index is 0.469. The molecule has 0 bridgehead atoms. The van der Waals surface area contributed by atoms with Crippen LogP contribution in [0.5, 0.6) is 5.75 Å². The highest BCUT2D eigenvalue weighted by Gasteiger charge is 2.07. The minimum Gasteiger partial charge on any atom is -0.546 e. The van der Waals surface area contributed by atoms with E-state index in [2.05, 4.69) is 31.9 Å². The molecule has 0 amide bonds. The number of hydrogen-bond acceptors (Lipinski definition) is 3. The van der Waals surface area contributed by atoms with Crippen molar-refractivity contribution in [1.82, 2.24) is 0 Å². The lowest BCUT2D eigenvalue weighted by Crippen LogP contribution is -2.37. The van der Waals surface area contributed by atoms with E-state index in [1.807, 2.05) is 6.07 Å². The van der Waals surface area contributed by atoms with E-state index in [-0.39, 0.29) is 0 Å². The van der Waals surface area contributed by atoms with Crippen LogP contribution in [0.3, 0.4) is 0 Å². The van der Waals surface area contributed by atoms with Gasteiger partial charge in [0.25, 0.3) is 0 Å². The van der Waals surface area contributed by atoms with Crippen molar-refractivity contribution < 1.29 is 14.6 Å². The highest BCUT2D eigenvalue weighted by molar-refractivity contribution is 9.11. The quantitative estimate of drug-likeness (QED) is 0.851. The molecule has 0 aliphatic rings. The lowest BCUT2D eigenvalue weighted by Gasteiger charge is -2.16. The van der Waals surface area contributed by atoms with Crippen LogP contribution in [0.2, 0.25) is 0 Å². The number of aliphatic carboxylic acids is 1. The zero-order chi connectivity index (χ0) is 10.7. The van der Waals surface area contributed by atoms with Gasteiger partial charge >= 0.3 is 0 Å². The van der Waals surface area contributed by atoms with Gasteiger partial charge in [0.05, 0.1) is 10.4 Å². The second kappa shape index (κ2) is 4.79. The Morgan fingerprint density at radius 2 is 2.14 bits per heavy atom. The van der Waals surface area contributed by atoms with Crippen molar-refractivity contribution in [2.75, 3.05) is 0 Å². The van der Waals surface area contributed by atoms with Gasteiger partial charge in [-0.05, 0) is 41.1 Å². The number of halogens is 2. The number of carbonyl (C=O) groups is 1. The van der Waals surface area contributed by atoms with Crippen LogP contribution in [0.1, 0.15) is 6.92 Å². The molecule has 0 saturated heterocycles. The molecule has 0 saturated carbocycles. The lowest BCUT2D eigenvalue weighted by atomic mass is 10.3. The standard InChI is InChI=1S/C9H8Br2O3/c1-5(9(12)13)14-8-4-6(10)2-3-7(8)11/h2-5H,1H3,(H,12,13)/p-1. The Morgan fingerprint density at radius 3 is 2.71 bits per heavy atom. The second-order valence-electron chi connectivity index (χ2n) is 2.65. The van der Waals surface area contributed by atoms with Crippen molar-refractivity contribution in [2.45, 2.75) is 13.0 Å². The van der Waals surface area contributed by atoms with Crippen LogP contribution >= 0.6 is 31.9 Å². The van der Waals surface area contributed by atoms with E-state index in [1.54, 1.807) is 12.1 Å². The topological polar surface area (TPSA) is 49.4 Å². The summed E-state index contributed by atoms with van der Waals surface area (Å²) < 4.78 is 6.67. The third kappa shape index (κ3) is 2.99. The number of benzene rings is 1. The molecule has 0 fully saturated rings. The first-order chi connectivity index (χ1) is 6.50. The molecule has 76 valence electrons. The molecule has 0 radical (unpaired) electrons. The molecule has 0 aliphatic heterocycles. The first-order valence-corrected chi connectivity index (χ1v) is 5.42. The molecule has 1 aromatic carbocycles. The van der Waals surface area contributed by atoms with Gasteiger partial charge in [0.2, 0.25) is 0 Å². The molecule has 0 aromatic heterocycles. The first-order valence-electron chi connectivity index (χ1n) is 3.83. The van der Waals surface area contributed by atoms with E-state index in [0.717, 1.165) is 4.47 Å². The van der Waals surface area contributed by atoms with Gasteiger partial charge in [-0.3, -0.25) is 0 Å². The summed E-state index contributed by atoms with van der Waals surface area (Å²) in [7, 11) is 0. The van der Waals surface area contributed by atoms with Gasteiger partial charge in [0, 0.05) is 4.47 Å². The molecule has 0 spiro atoms. The smallest absolute Gasteiger partial charge is 0.135 e. The van der Waals surface area contributed by atoms with Crippen LogP contribution in [-0.2, 0) is 4.79 Å². The molecule has 5 heteroatoms. The summed E-state index contributed by atoms with van der Waals surface area (Å²) in [6.45, 7) is 1.42. The largest absolute Gasteiger partial charge is 0.546 e. The molecule has 3 nitrogen and oxygen atoms in total. The summed E-state index contributed by atoms with van der Waals surface area (Å²) in [6.07, 6.45) is -0.972. The van der Waals surface area contributed by atoms with Crippen molar-refractivity contribution >= 4 is 37.8 Å². The van der Waals surface area contributed by atoms with Crippen molar-refractivity contribution in [3.05, 3.63) is 27.1 Å². The lowest BCUT2D eigenvalue weighted by molar-refractivity contribution is -0.312. The summed E-state index contributed by atoms with van der Waals surface area (Å²) in [5.74, 6) is -0.770. The Labute approximate surface area is 98.3 Å². The summed E-state index contributed by atoms with van der Waals surface area (Å²) in [5, 5.41) is 10.4. The van der Waals surface area contributed by atoms with Crippen LogP contribution in [0.25, 0.3) is 0 Å². The number of hydrogen-bond donors (Lipinski definition) is 0. The van der Waals surface area contributed by atoms with Crippen molar-refractivity contribution in [3.8, 4) is 5.75 Å². The number of carboxylic acid groups (broad SMARTS) is 1. The third-order valence-corrected chi connectivity index (χ3v) is 2.68. The summed E-state index contributed by atoms with van der Waals surface area (Å²) in [4.78, 5) is 10.4. The molecule has 1 unspecified atom stereocenters. The summed E-state index contributed by atoms with van der Waals surface area (Å²) in [5.41, 5.74) is 0. The Hall–Kier alpha value is -0.550. The molecule has 1 aromatic rings. The van der Waals surface area contributed by atoms with E-state index < -0.39 is 12.1 Å². The number of carboxylic acids is 1. The average Bonchev–Trinajstić information content (AvgIpc) is 2.11. The maximum absolute atomic E-state index is 10.4. The van der Waals surface area contributed by atoms with E-state index in [0.29, 0.717) is 10.2 Å². The number of ether oxygens (including phenoxy) is 1. The van der Waals surface area contributed by atoms with Crippen LogP contribution in [0, 0.1) is 0 Å². The van der Waals surface area contributed by atoms with E-state index in [9.17, 15) is 9.90 Å². The predicted molar refractivity (Wildman–Crippen MR) is 56.9 cm³/mol. The van der Waals surface area contributed by atoms with Gasteiger partial charge in [-0.2, -0.15) is 0 Å². The molecule has 0 N–H and O–H groups in total. The van der Waals surface area contributed by atoms with Gasteiger partial charge in [0.15, 0.2) is 0 Å². The zero-order valence-corrected chi connectivity index (χ0v) is 10.5. The van der Waals surface area contributed by atoms with Crippen LogP contribution in [0.4, 0.5) is 0 Å². The normalized spacial score (nSPS) is 12.2. The maximum Gasteiger partial charge on any atom is 0.135 e. The number of rotatable bonds is 3. The van der Waals surface area contributed by atoms with Crippen LogP contribution in [0.15, 0.2) is 27.1 Å². The molecular weight excluding hydrogens is 316 g/mol. The predicted octanol–water partition coefficient (Wildman–Crippen LogP) is 1.73. The van der Waals surface area contributed by atoms with Crippen molar-refractivity contribution in [1.29, 1.82) is 0 Å². The van der Waals surface area contributed by atoms with Gasteiger partial charge in [-0.25, -0.2) is 0 Å². The van der Waals surface area contributed by atoms with E-state index in [4.69, 9.17) is 4.74 Å². The van der Waals surface area contributed by atoms with Crippen LogP contribution < -0.4 is 9.84 Å². The van der Waals surface area contributed by atoms with Crippen LogP contribution in [-0.4, -0.2) is 12.1 Å². The molecule has 0 heterocycles. The van der Waals surface area contributed by atoms with Gasteiger partial charge in [0.1, 0.15) is 11.9 Å². The maximum atomic E-state index is 10.4. The van der Waals surface area contributed by atoms with E-state index in [1.165, 1.54) is 6.92 Å². The van der Waals surface area contributed by atoms with Crippen molar-refractivity contribution in [2.24, 2.45) is 0 Å². The van der Waals surface area contributed by atoms with Gasteiger partial charge in [-0.1, -0.05) is 15.9 Å². The van der Waals surface area contributed by atoms with Gasteiger partial charge < -0.3 is 14.6 Å². The third-order valence-electron chi connectivity index (χ3n) is 1.53. The average molecular weight is 323 g/mol. The Kier molecular flexibility index (Phi) is 3.95. The number of carbonyl (C=O) groups excluding carboxylic acids is 1. The summed E-state index contributed by atoms with van der Waals surface area (Å²) in [6, 6.07) is 5.27. The van der Waals surface area contributed by atoms with Crippen molar-refractivity contribution in [3.63, 3.8) is 0 Å². The molecular formula is C9H7Br2O3-. The fourth-order valence-corrected chi connectivity index (χ4v) is 1.49. The highest BCUT2D eigenvalue weighted by Crippen LogP contribution is 2.28. The zero-order valence-electron chi connectivity index (χ0n) is 7.29. The Bertz CT molecular complexity index is 352. The molecule has 1 rings (SSSR count). The van der Waals surface area contributed by atoms with Gasteiger partial charge in [-0.15, -0.1) is 0 Å². The molecule has 1 atom stereocenters. The first kappa shape index (κ1) is 11.5. The monoisotopic (exact) mass is 321 g/mol.